The van der Waals surface area contributed by atoms with E-state index in [4.69, 9.17) is 22.1 Å². The number of benzene rings is 1. The van der Waals surface area contributed by atoms with Crippen molar-refractivity contribution in [3.05, 3.63) is 23.2 Å². The van der Waals surface area contributed by atoms with Crippen LogP contribution in [0.15, 0.2) is 18.2 Å². The summed E-state index contributed by atoms with van der Waals surface area (Å²) in [6.45, 7) is 6.89. The number of nitrogens with two attached hydrogens (primary N) is 1. The van der Waals surface area contributed by atoms with Crippen LogP contribution in [0.2, 0.25) is 5.02 Å². The Labute approximate surface area is 114 Å². The lowest BCUT2D eigenvalue weighted by Gasteiger charge is -2.39. The molecule has 3 heteroatoms. The van der Waals surface area contributed by atoms with Gasteiger partial charge in [-0.3, -0.25) is 0 Å². The molecule has 1 aliphatic rings. The first-order valence-electron chi connectivity index (χ1n) is 6.58. The van der Waals surface area contributed by atoms with Crippen molar-refractivity contribution in [2.75, 3.05) is 5.73 Å². The fourth-order valence-electron chi connectivity index (χ4n) is 3.16. The summed E-state index contributed by atoms with van der Waals surface area (Å²) in [6.07, 6.45) is 3.60. The molecule has 2 nitrogen and oxygen atoms in total. The smallest absolute Gasteiger partial charge is 0.161 e. The van der Waals surface area contributed by atoms with Crippen LogP contribution in [0.5, 0.6) is 5.75 Å². The normalized spacial score (nSPS) is 26.9. The zero-order chi connectivity index (χ0) is 13.3. The van der Waals surface area contributed by atoms with Gasteiger partial charge in [-0.2, -0.15) is 0 Å². The van der Waals surface area contributed by atoms with E-state index in [0.717, 1.165) is 12.8 Å². The molecule has 1 saturated carbocycles. The molecule has 2 atom stereocenters. The lowest BCUT2D eigenvalue weighted by atomic mass is 9.71. The fourth-order valence-corrected chi connectivity index (χ4v) is 3.39. The summed E-state index contributed by atoms with van der Waals surface area (Å²) in [5, 5.41) is 0.603. The molecule has 1 aromatic carbocycles. The Morgan fingerprint density at radius 1 is 1.33 bits per heavy atom. The first-order chi connectivity index (χ1) is 8.37. The first kappa shape index (κ1) is 13.5. The molecule has 0 radical (unpaired) electrons. The second-order valence-corrected chi connectivity index (χ2v) is 6.72. The summed E-state index contributed by atoms with van der Waals surface area (Å²) in [6, 6.07) is 5.50. The first-order valence-corrected chi connectivity index (χ1v) is 6.96. The largest absolute Gasteiger partial charge is 0.487 e. The third-order valence-electron chi connectivity index (χ3n) is 3.63. The summed E-state index contributed by atoms with van der Waals surface area (Å²) < 4.78 is 6.07. The molecule has 2 N–H and O–H groups in total. The lowest BCUT2D eigenvalue weighted by Crippen LogP contribution is -2.34. The number of nitrogen functional groups attached to an aromatic ring is 1. The lowest BCUT2D eigenvalue weighted by molar-refractivity contribution is 0.0568. The van der Waals surface area contributed by atoms with Gasteiger partial charge in [-0.1, -0.05) is 38.4 Å². The highest BCUT2D eigenvalue weighted by Gasteiger charge is 2.33. The van der Waals surface area contributed by atoms with Crippen molar-refractivity contribution in [3.8, 4) is 5.75 Å². The topological polar surface area (TPSA) is 35.2 Å². The number of para-hydroxylation sites is 1. The molecule has 1 aromatic rings. The van der Waals surface area contributed by atoms with Gasteiger partial charge in [-0.15, -0.1) is 0 Å². The van der Waals surface area contributed by atoms with Gasteiger partial charge >= 0.3 is 0 Å². The van der Waals surface area contributed by atoms with Crippen LogP contribution in [0.25, 0.3) is 0 Å². The van der Waals surface area contributed by atoms with E-state index < -0.39 is 0 Å². The maximum Gasteiger partial charge on any atom is 0.161 e. The molecule has 2 rings (SSSR count). The van der Waals surface area contributed by atoms with Gasteiger partial charge in [0.1, 0.15) is 0 Å². The summed E-state index contributed by atoms with van der Waals surface area (Å²) >= 11 is 6.15. The molecule has 100 valence electrons. The third-order valence-corrected chi connectivity index (χ3v) is 3.93. The molecule has 1 fully saturated rings. The maximum absolute atomic E-state index is 6.15. The summed E-state index contributed by atoms with van der Waals surface area (Å²) in [5.74, 6) is 1.33. The number of ether oxygens (including phenoxy) is 1. The van der Waals surface area contributed by atoms with Crippen molar-refractivity contribution in [1.82, 2.24) is 0 Å². The molecule has 1 aliphatic carbocycles. The maximum atomic E-state index is 6.15. The Balaban J connectivity index is 2.14. The van der Waals surface area contributed by atoms with Crippen molar-refractivity contribution >= 4 is 17.3 Å². The Hall–Kier alpha value is -0.890. The van der Waals surface area contributed by atoms with Crippen LogP contribution >= 0.6 is 11.6 Å². The fraction of sp³-hybridized carbons (Fsp3) is 0.600. The minimum absolute atomic E-state index is 0.214. The summed E-state index contributed by atoms with van der Waals surface area (Å²) in [5.41, 5.74) is 6.89. The minimum atomic E-state index is 0.214. The number of rotatable bonds is 2. The number of hydrogen-bond acceptors (Lipinski definition) is 2. The Kier molecular flexibility index (Phi) is 3.76. The van der Waals surface area contributed by atoms with E-state index in [0.29, 0.717) is 27.8 Å². The molecule has 0 saturated heterocycles. The van der Waals surface area contributed by atoms with Crippen molar-refractivity contribution < 1.29 is 4.74 Å². The minimum Gasteiger partial charge on any atom is -0.487 e. The van der Waals surface area contributed by atoms with E-state index in [1.807, 2.05) is 18.2 Å². The van der Waals surface area contributed by atoms with E-state index in [-0.39, 0.29) is 6.10 Å². The van der Waals surface area contributed by atoms with E-state index in [9.17, 15) is 0 Å². The van der Waals surface area contributed by atoms with Crippen LogP contribution in [-0.2, 0) is 0 Å². The van der Waals surface area contributed by atoms with Crippen LogP contribution in [0.3, 0.4) is 0 Å². The Morgan fingerprint density at radius 2 is 2.06 bits per heavy atom. The average Bonchev–Trinajstić information content (AvgIpc) is 2.21. The summed E-state index contributed by atoms with van der Waals surface area (Å²) in [7, 11) is 0. The van der Waals surface area contributed by atoms with Gasteiger partial charge in [0.05, 0.1) is 16.8 Å². The predicted molar refractivity (Wildman–Crippen MR) is 77.1 cm³/mol. The van der Waals surface area contributed by atoms with Crippen LogP contribution in [0.4, 0.5) is 5.69 Å². The van der Waals surface area contributed by atoms with Gasteiger partial charge in [-0.25, -0.2) is 0 Å². The van der Waals surface area contributed by atoms with Crippen molar-refractivity contribution in [3.63, 3.8) is 0 Å². The van der Waals surface area contributed by atoms with Crippen molar-refractivity contribution in [2.45, 2.75) is 46.1 Å². The number of hydrogen-bond donors (Lipinski definition) is 1. The van der Waals surface area contributed by atoms with E-state index >= 15 is 0 Å². The van der Waals surface area contributed by atoms with E-state index in [2.05, 4.69) is 20.8 Å². The van der Waals surface area contributed by atoms with Gasteiger partial charge in [0.2, 0.25) is 0 Å². The molecule has 0 spiro atoms. The van der Waals surface area contributed by atoms with Crippen LogP contribution in [0.1, 0.15) is 40.0 Å². The highest BCUT2D eigenvalue weighted by atomic mass is 35.5. The molecule has 0 bridgehead atoms. The van der Waals surface area contributed by atoms with Crippen LogP contribution < -0.4 is 10.5 Å². The monoisotopic (exact) mass is 267 g/mol. The van der Waals surface area contributed by atoms with Gasteiger partial charge in [-0.05, 0) is 42.7 Å². The predicted octanol–water partition coefficient (Wildman–Crippen LogP) is 4.52. The van der Waals surface area contributed by atoms with Gasteiger partial charge in [0.15, 0.2) is 5.75 Å². The second kappa shape index (κ2) is 5.00. The third kappa shape index (κ3) is 3.11. The van der Waals surface area contributed by atoms with Crippen LogP contribution in [-0.4, -0.2) is 6.10 Å². The van der Waals surface area contributed by atoms with Gasteiger partial charge < -0.3 is 10.5 Å². The second-order valence-electron chi connectivity index (χ2n) is 6.31. The molecular formula is C15H22ClNO. The molecule has 2 unspecified atom stereocenters. The molecular weight excluding hydrogens is 246 g/mol. The summed E-state index contributed by atoms with van der Waals surface area (Å²) in [4.78, 5) is 0. The quantitative estimate of drug-likeness (QED) is 0.800. The molecule has 0 amide bonds. The SMILES string of the molecule is CC1CC(Oc2c(N)cccc2Cl)CC(C)(C)C1. The Morgan fingerprint density at radius 3 is 2.67 bits per heavy atom. The van der Waals surface area contributed by atoms with E-state index in [1.54, 1.807) is 0 Å². The zero-order valence-corrected chi connectivity index (χ0v) is 12.1. The Bertz CT molecular complexity index is 410. The van der Waals surface area contributed by atoms with E-state index in [1.165, 1.54) is 6.42 Å². The number of halogens is 1. The molecule has 0 heterocycles. The zero-order valence-electron chi connectivity index (χ0n) is 11.4. The standard InChI is InChI=1S/C15H22ClNO/c1-10-7-11(9-15(2,3)8-10)18-14-12(16)5-4-6-13(14)17/h4-6,10-11H,7-9,17H2,1-3H3. The highest BCUT2D eigenvalue weighted by molar-refractivity contribution is 6.32. The number of anilines is 1. The molecule has 18 heavy (non-hydrogen) atoms. The molecule has 0 aliphatic heterocycles. The highest BCUT2D eigenvalue weighted by Crippen LogP contribution is 2.41. The van der Waals surface area contributed by atoms with Crippen LogP contribution in [0, 0.1) is 11.3 Å². The van der Waals surface area contributed by atoms with Gasteiger partial charge in [0, 0.05) is 0 Å². The van der Waals surface area contributed by atoms with Crippen molar-refractivity contribution in [1.29, 1.82) is 0 Å². The van der Waals surface area contributed by atoms with Gasteiger partial charge in [0.25, 0.3) is 0 Å². The molecule has 0 aromatic heterocycles. The average molecular weight is 268 g/mol. The van der Waals surface area contributed by atoms with Crippen molar-refractivity contribution in [2.24, 2.45) is 11.3 Å².